The minimum Gasteiger partial charge on any atom is -0.367 e. The smallest absolute Gasteiger partial charge is 0.171 e. The van der Waals surface area contributed by atoms with Crippen LogP contribution < -0.4 is 0 Å². The number of hydrogen-bond acceptors (Lipinski definition) is 4. The highest BCUT2D eigenvalue weighted by Crippen LogP contribution is 2.20. The van der Waals surface area contributed by atoms with Gasteiger partial charge in [-0.3, -0.25) is 9.59 Å². The van der Waals surface area contributed by atoms with Crippen LogP contribution in [0.1, 0.15) is 25.8 Å². The second-order valence-electron chi connectivity index (χ2n) is 4.75. The Morgan fingerprint density at radius 1 is 1.32 bits per heavy atom. The summed E-state index contributed by atoms with van der Waals surface area (Å²) >= 11 is 0. The number of ketones is 2. The third-order valence-electron chi connectivity index (χ3n) is 2.87. The van der Waals surface area contributed by atoms with Gasteiger partial charge in [-0.15, -0.1) is 0 Å². The van der Waals surface area contributed by atoms with Gasteiger partial charge in [0, 0.05) is 6.42 Å². The number of aliphatic hydroxyl groups is 1. The Morgan fingerprint density at radius 2 is 1.89 bits per heavy atom. The topological polar surface area (TPSA) is 63.6 Å². The molecule has 1 saturated heterocycles. The molecule has 0 aliphatic carbocycles. The number of benzene rings is 1. The Bertz CT molecular complexity index is 427. The summed E-state index contributed by atoms with van der Waals surface area (Å²) in [7, 11) is 0. The Balaban J connectivity index is 0.000000218. The van der Waals surface area contributed by atoms with E-state index >= 15 is 0 Å². The van der Waals surface area contributed by atoms with Crippen LogP contribution in [-0.2, 0) is 14.3 Å². The zero-order valence-corrected chi connectivity index (χ0v) is 11.5. The van der Waals surface area contributed by atoms with E-state index in [0.29, 0.717) is 0 Å². The fourth-order valence-corrected chi connectivity index (χ4v) is 1.90. The summed E-state index contributed by atoms with van der Waals surface area (Å²) in [6.07, 6.45) is -1.33. The maximum absolute atomic E-state index is 11.2. The monoisotopic (exact) mass is 264 g/mol. The van der Waals surface area contributed by atoms with Gasteiger partial charge in [0.1, 0.15) is 11.7 Å². The van der Waals surface area contributed by atoms with Gasteiger partial charge in [-0.2, -0.15) is 0 Å². The van der Waals surface area contributed by atoms with E-state index in [0.717, 1.165) is 0 Å². The van der Waals surface area contributed by atoms with Gasteiger partial charge in [0.05, 0.1) is 6.10 Å². The number of ether oxygens (including phenoxy) is 1. The Hall–Kier alpha value is -1.52. The van der Waals surface area contributed by atoms with Gasteiger partial charge in [-0.25, -0.2) is 0 Å². The van der Waals surface area contributed by atoms with Crippen LogP contribution in [0.3, 0.4) is 0 Å². The number of carbonyl (C=O) groups excluding carboxylic acids is 2. The quantitative estimate of drug-likeness (QED) is 0.787. The third kappa shape index (κ3) is 4.93. The molecule has 0 aromatic heterocycles. The lowest BCUT2D eigenvalue weighted by atomic mass is 9.92. The molecule has 3 atom stereocenters. The number of carbonyl (C=O) groups is 2. The molecule has 1 aliphatic rings. The van der Waals surface area contributed by atoms with E-state index in [1.54, 1.807) is 6.92 Å². The maximum atomic E-state index is 11.2. The van der Waals surface area contributed by atoms with Crippen LogP contribution in [0.4, 0.5) is 0 Å². The van der Waals surface area contributed by atoms with Crippen LogP contribution >= 0.6 is 0 Å². The van der Waals surface area contributed by atoms with Gasteiger partial charge in [-0.05, 0) is 20.8 Å². The van der Waals surface area contributed by atoms with Gasteiger partial charge in [-0.1, -0.05) is 35.9 Å². The molecule has 4 heteroatoms. The molecular weight excluding hydrogens is 244 g/mol. The van der Waals surface area contributed by atoms with Gasteiger partial charge in [0.15, 0.2) is 12.1 Å². The standard InChI is InChI=1S/C8H12O4.C7H8/c1-4-3-6(10)7(5(2)9)8(11)12-4;1-7-5-3-2-4-6-7/h4,7-8,11H,3H2,1-2H3;2-6H,1H3. The number of Topliss-reactive ketones (excluding diaryl/α,β-unsaturated/α-hetero) is 2. The van der Waals surface area contributed by atoms with E-state index < -0.39 is 12.2 Å². The summed E-state index contributed by atoms with van der Waals surface area (Å²) in [5.74, 6) is -1.53. The number of hydrogen-bond donors (Lipinski definition) is 1. The van der Waals surface area contributed by atoms with E-state index in [4.69, 9.17) is 4.74 Å². The lowest BCUT2D eigenvalue weighted by Gasteiger charge is -2.28. The molecule has 1 N–H and O–H groups in total. The molecule has 1 heterocycles. The lowest BCUT2D eigenvalue weighted by Crippen LogP contribution is -2.43. The normalized spacial score (nSPS) is 26.3. The highest BCUT2D eigenvalue weighted by molar-refractivity contribution is 6.02. The third-order valence-corrected chi connectivity index (χ3v) is 2.87. The van der Waals surface area contributed by atoms with E-state index in [2.05, 4.69) is 19.1 Å². The molecule has 3 unspecified atom stereocenters. The van der Waals surface area contributed by atoms with Crippen LogP contribution in [0.2, 0.25) is 0 Å². The predicted molar refractivity (Wildman–Crippen MR) is 71.5 cm³/mol. The first-order valence-electron chi connectivity index (χ1n) is 6.30. The van der Waals surface area contributed by atoms with Crippen molar-refractivity contribution in [3.63, 3.8) is 0 Å². The molecule has 2 rings (SSSR count). The van der Waals surface area contributed by atoms with Crippen LogP contribution in [-0.4, -0.2) is 29.1 Å². The molecule has 104 valence electrons. The van der Waals surface area contributed by atoms with Crippen molar-refractivity contribution in [3.8, 4) is 0 Å². The Labute approximate surface area is 113 Å². The molecule has 0 spiro atoms. The molecule has 4 nitrogen and oxygen atoms in total. The van der Waals surface area contributed by atoms with Crippen molar-refractivity contribution in [2.75, 3.05) is 0 Å². The maximum Gasteiger partial charge on any atom is 0.171 e. The molecule has 0 bridgehead atoms. The molecule has 1 aromatic carbocycles. The molecule has 0 amide bonds. The van der Waals surface area contributed by atoms with Crippen molar-refractivity contribution in [3.05, 3.63) is 35.9 Å². The van der Waals surface area contributed by atoms with E-state index in [9.17, 15) is 14.7 Å². The lowest BCUT2D eigenvalue weighted by molar-refractivity contribution is -0.191. The van der Waals surface area contributed by atoms with Crippen LogP contribution in [0.25, 0.3) is 0 Å². The summed E-state index contributed by atoms with van der Waals surface area (Å²) in [4.78, 5) is 22.1. The number of rotatable bonds is 1. The van der Waals surface area contributed by atoms with Gasteiger partial charge >= 0.3 is 0 Å². The molecule has 0 radical (unpaired) electrons. The van der Waals surface area contributed by atoms with Crippen molar-refractivity contribution in [1.29, 1.82) is 0 Å². The molecule has 1 fully saturated rings. The van der Waals surface area contributed by atoms with Crippen molar-refractivity contribution in [2.24, 2.45) is 5.92 Å². The summed E-state index contributed by atoms with van der Waals surface area (Å²) in [6, 6.07) is 10.3. The second-order valence-corrected chi connectivity index (χ2v) is 4.75. The van der Waals surface area contributed by atoms with E-state index in [1.807, 2.05) is 18.2 Å². The van der Waals surface area contributed by atoms with Gasteiger partial charge in [0.25, 0.3) is 0 Å². The predicted octanol–water partition coefficient (Wildman–Crippen LogP) is 1.88. The first-order valence-corrected chi connectivity index (χ1v) is 6.30. The first-order chi connectivity index (χ1) is 8.91. The summed E-state index contributed by atoms with van der Waals surface area (Å²) in [6.45, 7) is 5.06. The average Bonchev–Trinajstić information content (AvgIpc) is 2.28. The summed E-state index contributed by atoms with van der Waals surface area (Å²) < 4.78 is 4.94. The molecular formula is C15H20O4. The highest BCUT2D eigenvalue weighted by atomic mass is 16.6. The summed E-state index contributed by atoms with van der Waals surface area (Å²) in [5.41, 5.74) is 1.32. The van der Waals surface area contributed by atoms with Crippen LogP contribution in [0, 0.1) is 12.8 Å². The molecule has 1 aromatic rings. The second kappa shape index (κ2) is 7.16. The van der Waals surface area contributed by atoms with Gasteiger partial charge < -0.3 is 9.84 Å². The average molecular weight is 264 g/mol. The van der Waals surface area contributed by atoms with Crippen molar-refractivity contribution in [1.82, 2.24) is 0 Å². The molecule has 1 aliphatic heterocycles. The fourth-order valence-electron chi connectivity index (χ4n) is 1.90. The van der Waals surface area contributed by atoms with Crippen LogP contribution in [0.15, 0.2) is 30.3 Å². The van der Waals surface area contributed by atoms with Crippen molar-refractivity contribution in [2.45, 2.75) is 39.6 Å². The van der Waals surface area contributed by atoms with Crippen molar-refractivity contribution < 1.29 is 19.4 Å². The van der Waals surface area contributed by atoms with Gasteiger partial charge in [0.2, 0.25) is 0 Å². The van der Waals surface area contributed by atoms with E-state index in [-0.39, 0.29) is 24.1 Å². The zero-order valence-electron chi connectivity index (χ0n) is 11.5. The Kier molecular flexibility index (Phi) is 5.86. The van der Waals surface area contributed by atoms with E-state index in [1.165, 1.54) is 12.5 Å². The minimum absolute atomic E-state index is 0.210. The zero-order chi connectivity index (χ0) is 14.4. The minimum atomic E-state index is -1.25. The first kappa shape index (κ1) is 15.5. The molecule has 0 saturated carbocycles. The number of aryl methyl sites for hydroxylation is 1. The van der Waals surface area contributed by atoms with Crippen LogP contribution in [0.5, 0.6) is 0 Å². The Morgan fingerprint density at radius 3 is 2.26 bits per heavy atom. The summed E-state index contributed by atoms with van der Waals surface area (Å²) in [5, 5.41) is 9.22. The number of aliphatic hydroxyl groups excluding tert-OH is 1. The molecule has 19 heavy (non-hydrogen) atoms. The largest absolute Gasteiger partial charge is 0.367 e. The SMILES string of the molecule is CC(=O)C1C(=O)CC(C)OC1O.Cc1ccccc1. The highest BCUT2D eigenvalue weighted by Gasteiger charge is 2.37. The van der Waals surface area contributed by atoms with Crippen molar-refractivity contribution >= 4 is 11.6 Å². The fraction of sp³-hybridized carbons (Fsp3) is 0.467.